The number of rotatable bonds is 3. The van der Waals surface area contributed by atoms with Crippen molar-refractivity contribution in [2.45, 2.75) is 52.2 Å². The van der Waals surface area contributed by atoms with Gasteiger partial charge >= 0.3 is 12.1 Å². The van der Waals surface area contributed by atoms with Crippen molar-refractivity contribution in [3.63, 3.8) is 0 Å². The molecule has 1 fully saturated rings. The number of hydrogen-bond donors (Lipinski definition) is 0. The summed E-state index contributed by atoms with van der Waals surface area (Å²) in [6, 6.07) is 7.42. The first kappa shape index (κ1) is 22.3. The van der Waals surface area contributed by atoms with E-state index in [1.165, 1.54) is 7.11 Å². The highest BCUT2D eigenvalue weighted by Gasteiger charge is 2.29. The van der Waals surface area contributed by atoms with E-state index in [2.05, 4.69) is 15.9 Å². The van der Waals surface area contributed by atoms with Crippen molar-refractivity contribution in [1.82, 2.24) is 14.7 Å². The van der Waals surface area contributed by atoms with E-state index in [1.807, 2.05) is 44.5 Å². The predicted molar refractivity (Wildman–Crippen MR) is 118 cm³/mol. The second-order valence-electron chi connectivity index (χ2n) is 8.46. The van der Waals surface area contributed by atoms with Gasteiger partial charge in [0.25, 0.3) is 0 Å². The van der Waals surface area contributed by atoms with Gasteiger partial charge in [-0.15, -0.1) is 0 Å². The molecule has 0 saturated carbocycles. The van der Waals surface area contributed by atoms with Crippen molar-refractivity contribution in [2.24, 2.45) is 0 Å². The zero-order valence-corrected chi connectivity index (χ0v) is 19.7. The number of nitrogens with zero attached hydrogens (tertiary/aromatic N) is 3. The van der Waals surface area contributed by atoms with Gasteiger partial charge in [0, 0.05) is 18.7 Å². The number of ether oxygens (including phenoxy) is 2. The number of esters is 1. The molecule has 0 aliphatic carbocycles. The second-order valence-corrected chi connectivity index (χ2v) is 9.25. The van der Waals surface area contributed by atoms with Crippen molar-refractivity contribution in [2.75, 3.05) is 20.2 Å². The van der Waals surface area contributed by atoms with E-state index < -0.39 is 5.60 Å². The maximum atomic E-state index is 12.3. The quantitative estimate of drug-likeness (QED) is 0.582. The van der Waals surface area contributed by atoms with Crippen LogP contribution in [-0.2, 0) is 9.47 Å². The Kier molecular flexibility index (Phi) is 6.55. The minimum atomic E-state index is -0.490. The second kappa shape index (κ2) is 8.79. The molecule has 3 rings (SSSR count). The van der Waals surface area contributed by atoms with E-state index in [-0.39, 0.29) is 18.1 Å². The monoisotopic (exact) mass is 477 g/mol. The average Bonchev–Trinajstić information content (AvgIpc) is 3.01. The first-order valence-electron chi connectivity index (χ1n) is 10.0. The van der Waals surface area contributed by atoms with Gasteiger partial charge in [-0.05, 0) is 68.6 Å². The number of amides is 1. The maximum Gasteiger partial charge on any atom is 0.410 e. The highest BCUT2D eigenvalue weighted by molar-refractivity contribution is 9.10. The van der Waals surface area contributed by atoms with E-state index in [0.29, 0.717) is 18.7 Å². The molecule has 1 saturated heterocycles. The lowest BCUT2D eigenvalue weighted by molar-refractivity contribution is 0.0184. The Morgan fingerprint density at radius 2 is 1.73 bits per heavy atom. The molecule has 1 aromatic heterocycles. The van der Waals surface area contributed by atoms with Gasteiger partial charge in [-0.2, -0.15) is 5.10 Å². The van der Waals surface area contributed by atoms with Crippen LogP contribution in [0, 0.1) is 6.92 Å². The van der Waals surface area contributed by atoms with E-state index in [4.69, 9.17) is 14.6 Å². The van der Waals surface area contributed by atoms with Crippen LogP contribution in [0.4, 0.5) is 4.79 Å². The Balaban J connectivity index is 1.73. The van der Waals surface area contributed by atoms with Crippen LogP contribution in [0.2, 0.25) is 0 Å². The molecule has 162 valence electrons. The molecule has 1 aliphatic rings. The topological polar surface area (TPSA) is 73.7 Å². The Morgan fingerprint density at radius 3 is 2.27 bits per heavy atom. The van der Waals surface area contributed by atoms with Crippen molar-refractivity contribution in [3.8, 4) is 11.3 Å². The summed E-state index contributed by atoms with van der Waals surface area (Å²) < 4.78 is 13.2. The van der Waals surface area contributed by atoms with Gasteiger partial charge < -0.3 is 14.4 Å². The number of carbonyl (C=O) groups is 2. The van der Waals surface area contributed by atoms with Gasteiger partial charge in [0.05, 0.1) is 28.9 Å². The summed E-state index contributed by atoms with van der Waals surface area (Å²) in [5, 5.41) is 4.85. The Morgan fingerprint density at radius 1 is 1.13 bits per heavy atom. The van der Waals surface area contributed by atoms with Gasteiger partial charge in [0.2, 0.25) is 0 Å². The molecule has 8 heteroatoms. The van der Waals surface area contributed by atoms with Gasteiger partial charge in [0.15, 0.2) is 0 Å². The molecule has 1 aliphatic heterocycles. The minimum absolute atomic E-state index is 0.211. The first-order valence-corrected chi connectivity index (χ1v) is 10.8. The van der Waals surface area contributed by atoms with Crippen LogP contribution in [0.15, 0.2) is 28.7 Å². The molecule has 1 amide bonds. The molecule has 2 heterocycles. The molecule has 0 unspecified atom stereocenters. The Bertz CT molecular complexity index is 923. The fraction of sp³-hybridized carbons (Fsp3) is 0.500. The third-order valence-corrected chi connectivity index (χ3v) is 6.07. The fourth-order valence-corrected chi connectivity index (χ4v) is 4.03. The van der Waals surface area contributed by atoms with Crippen molar-refractivity contribution < 1.29 is 19.1 Å². The lowest BCUT2D eigenvalue weighted by Gasteiger charge is -2.33. The smallest absolute Gasteiger partial charge is 0.410 e. The van der Waals surface area contributed by atoms with Crippen LogP contribution in [-0.4, -0.2) is 52.5 Å². The van der Waals surface area contributed by atoms with Gasteiger partial charge in [-0.1, -0.05) is 12.1 Å². The van der Waals surface area contributed by atoms with Crippen LogP contribution in [0.25, 0.3) is 11.3 Å². The molecule has 0 N–H and O–H groups in total. The molecular formula is C22H28BrN3O4. The summed E-state index contributed by atoms with van der Waals surface area (Å²) in [7, 11) is 1.37. The standard InChI is InChI=1S/C22H28BrN3O4/c1-14-18(23)19(15-6-8-16(9-7-15)20(27)29-5)24-26(14)17-10-12-25(13-11-17)21(28)30-22(2,3)4/h6-9,17H,10-13H2,1-5H3. The Hall–Kier alpha value is -2.35. The molecule has 1 aromatic carbocycles. The lowest BCUT2D eigenvalue weighted by atomic mass is 10.1. The summed E-state index contributed by atoms with van der Waals surface area (Å²) in [6.45, 7) is 8.94. The van der Waals surface area contributed by atoms with E-state index in [9.17, 15) is 9.59 Å². The molecular weight excluding hydrogens is 450 g/mol. The highest BCUT2D eigenvalue weighted by atomic mass is 79.9. The number of aromatic nitrogens is 2. The van der Waals surface area contributed by atoms with Crippen molar-refractivity contribution >= 4 is 28.0 Å². The Labute approximate surface area is 185 Å². The van der Waals surface area contributed by atoms with Gasteiger partial charge in [-0.25, -0.2) is 9.59 Å². The van der Waals surface area contributed by atoms with Gasteiger partial charge in [0.1, 0.15) is 11.3 Å². The van der Waals surface area contributed by atoms with Crippen LogP contribution in [0.1, 0.15) is 55.7 Å². The summed E-state index contributed by atoms with van der Waals surface area (Å²) in [4.78, 5) is 25.7. The van der Waals surface area contributed by atoms with Crippen LogP contribution in [0.3, 0.4) is 0 Å². The number of piperidine rings is 1. The maximum absolute atomic E-state index is 12.3. The molecule has 30 heavy (non-hydrogen) atoms. The van der Waals surface area contributed by atoms with E-state index in [1.54, 1.807) is 17.0 Å². The number of halogens is 1. The number of methoxy groups -OCH3 is 1. The average molecular weight is 478 g/mol. The number of hydrogen-bond acceptors (Lipinski definition) is 5. The third-order valence-electron chi connectivity index (χ3n) is 5.12. The van der Waals surface area contributed by atoms with E-state index >= 15 is 0 Å². The number of likely N-dealkylation sites (tertiary alicyclic amines) is 1. The van der Waals surface area contributed by atoms with Crippen LogP contribution in [0.5, 0.6) is 0 Å². The number of carbonyl (C=O) groups excluding carboxylic acids is 2. The summed E-state index contributed by atoms with van der Waals surface area (Å²) in [5.41, 5.74) is 2.80. The van der Waals surface area contributed by atoms with E-state index in [0.717, 1.165) is 34.3 Å². The lowest BCUT2D eigenvalue weighted by Crippen LogP contribution is -2.42. The summed E-state index contributed by atoms with van der Waals surface area (Å²) in [5.74, 6) is -0.362. The number of benzene rings is 1. The molecule has 7 nitrogen and oxygen atoms in total. The zero-order chi connectivity index (χ0) is 22.1. The van der Waals surface area contributed by atoms with Crippen LogP contribution >= 0.6 is 15.9 Å². The first-order chi connectivity index (χ1) is 14.1. The van der Waals surface area contributed by atoms with Crippen molar-refractivity contribution in [1.29, 1.82) is 0 Å². The predicted octanol–water partition coefficient (Wildman–Crippen LogP) is 4.98. The molecule has 0 atom stereocenters. The molecule has 0 bridgehead atoms. The summed E-state index contributed by atoms with van der Waals surface area (Å²) in [6.07, 6.45) is 1.37. The largest absolute Gasteiger partial charge is 0.465 e. The normalized spacial score (nSPS) is 15.2. The molecule has 0 spiro atoms. The summed E-state index contributed by atoms with van der Waals surface area (Å²) >= 11 is 3.67. The van der Waals surface area contributed by atoms with Crippen molar-refractivity contribution in [3.05, 3.63) is 40.0 Å². The zero-order valence-electron chi connectivity index (χ0n) is 18.1. The molecule has 2 aromatic rings. The SMILES string of the molecule is COC(=O)c1ccc(-c2nn(C3CCN(C(=O)OC(C)(C)C)CC3)c(C)c2Br)cc1. The highest BCUT2D eigenvalue weighted by Crippen LogP contribution is 2.34. The van der Waals surface area contributed by atoms with Crippen LogP contribution < -0.4 is 0 Å². The third kappa shape index (κ3) is 4.86. The fourth-order valence-electron chi connectivity index (χ4n) is 3.54. The minimum Gasteiger partial charge on any atom is -0.465 e. The molecule has 0 radical (unpaired) electrons. The van der Waals surface area contributed by atoms with Gasteiger partial charge in [-0.3, -0.25) is 4.68 Å².